The highest BCUT2D eigenvalue weighted by Gasteiger charge is 2.33. The van der Waals surface area contributed by atoms with Gasteiger partial charge in [0.15, 0.2) is 0 Å². The van der Waals surface area contributed by atoms with Gasteiger partial charge in [0.25, 0.3) is 5.91 Å². The molecule has 7 nitrogen and oxygen atoms in total. The molecule has 9 heteroatoms. The fourth-order valence-electron chi connectivity index (χ4n) is 3.21. The van der Waals surface area contributed by atoms with Gasteiger partial charge in [-0.2, -0.15) is 0 Å². The Morgan fingerprint density at radius 2 is 2.21 bits per heavy atom. The van der Waals surface area contributed by atoms with E-state index in [1.807, 2.05) is 24.3 Å². The van der Waals surface area contributed by atoms with Gasteiger partial charge < -0.3 is 10.6 Å². The van der Waals surface area contributed by atoms with Gasteiger partial charge in [-0.25, -0.2) is 15.3 Å². The first-order valence-electron chi connectivity index (χ1n) is 8.96. The molecule has 2 N–H and O–H groups in total. The lowest BCUT2D eigenvalue weighted by Crippen LogP contribution is -2.36. The quantitative estimate of drug-likeness (QED) is 0.632. The van der Waals surface area contributed by atoms with Gasteiger partial charge in [0.05, 0.1) is 9.85 Å². The van der Waals surface area contributed by atoms with Crippen molar-refractivity contribution in [3.05, 3.63) is 57.5 Å². The predicted molar refractivity (Wildman–Crippen MR) is 113 cm³/mol. The minimum atomic E-state index is -0.641. The number of amides is 2. The van der Waals surface area contributed by atoms with Crippen LogP contribution in [0.5, 0.6) is 0 Å². The number of nitrogens with two attached hydrogens (primary N) is 1. The Bertz CT molecular complexity index is 1110. The van der Waals surface area contributed by atoms with Crippen molar-refractivity contribution < 1.29 is 9.59 Å². The van der Waals surface area contributed by atoms with E-state index >= 15 is 0 Å². The van der Waals surface area contributed by atoms with Crippen LogP contribution in [0.25, 0.3) is 17.0 Å². The predicted octanol–water partition coefficient (Wildman–Crippen LogP) is 2.87. The van der Waals surface area contributed by atoms with Crippen LogP contribution in [0.3, 0.4) is 0 Å². The van der Waals surface area contributed by atoms with Gasteiger partial charge in [-0.15, -0.1) is 11.3 Å². The van der Waals surface area contributed by atoms with Crippen molar-refractivity contribution in [3.63, 3.8) is 0 Å². The molecule has 1 saturated heterocycles. The van der Waals surface area contributed by atoms with Gasteiger partial charge >= 0.3 is 0 Å². The second-order valence-corrected chi connectivity index (χ2v) is 8.36. The molecule has 2 aromatic heterocycles. The van der Waals surface area contributed by atoms with E-state index < -0.39 is 11.9 Å². The molecule has 0 spiro atoms. The largest absolute Gasteiger partial charge is 0.383 e. The molecule has 4 rings (SSSR count). The van der Waals surface area contributed by atoms with Crippen LogP contribution in [0.4, 0.5) is 5.82 Å². The number of carbonyl (C=O) groups excluding carboxylic acids is 2. The number of nitrogens with zero attached hydrogens (tertiary/aromatic N) is 4. The summed E-state index contributed by atoms with van der Waals surface area (Å²) < 4.78 is 0.651. The smallest absolute Gasteiger partial charge is 0.266 e. The molecule has 1 aliphatic rings. The molecule has 2 amide bonds. The molecule has 147 valence electrons. The summed E-state index contributed by atoms with van der Waals surface area (Å²) in [6, 6.07) is 8.59. The van der Waals surface area contributed by atoms with Gasteiger partial charge in [-0.1, -0.05) is 17.7 Å². The number of halogens is 1. The SMILES string of the molecule is Nc1ncnc2cc(CN3CC[C@H]([N]C(=O)C=Cc4ccc(Cl)s4)C3=O)ccc12. The van der Waals surface area contributed by atoms with Crippen molar-refractivity contribution in [1.29, 1.82) is 0 Å². The van der Waals surface area contributed by atoms with Gasteiger partial charge in [-0.05, 0) is 42.3 Å². The van der Waals surface area contributed by atoms with E-state index in [1.54, 1.807) is 17.0 Å². The third-order valence-electron chi connectivity index (χ3n) is 4.64. The van der Waals surface area contributed by atoms with E-state index in [0.29, 0.717) is 29.7 Å². The zero-order chi connectivity index (χ0) is 20.4. The summed E-state index contributed by atoms with van der Waals surface area (Å²) in [6.07, 6.45) is 4.96. The number of benzene rings is 1. The molecule has 0 aliphatic carbocycles. The van der Waals surface area contributed by atoms with Crippen molar-refractivity contribution >= 4 is 57.5 Å². The van der Waals surface area contributed by atoms with Gasteiger partial charge in [0.2, 0.25) is 5.91 Å². The highest BCUT2D eigenvalue weighted by atomic mass is 35.5. The molecular formula is C20H17ClN5O2S. The number of nitrogen functional groups attached to an aromatic ring is 1. The molecule has 1 fully saturated rings. The van der Waals surface area contributed by atoms with E-state index in [-0.39, 0.29) is 5.91 Å². The van der Waals surface area contributed by atoms with Crippen LogP contribution >= 0.6 is 22.9 Å². The molecule has 0 saturated carbocycles. The monoisotopic (exact) mass is 426 g/mol. The molecule has 29 heavy (non-hydrogen) atoms. The third kappa shape index (κ3) is 4.38. The summed E-state index contributed by atoms with van der Waals surface area (Å²) in [5.74, 6) is -0.144. The topological polar surface area (TPSA) is 103 Å². The van der Waals surface area contributed by atoms with E-state index in [9.17, 15) is 9.59 Å². The first-order valence-corrected chi connectivity index (χ1v) is 10.1. The molecule has 0 bridgehead atoms. The Kier molecular flexibility index (Phi) is 5.46. The van der Waals surface area contributed by atoms with E-state index in [1.165, 1.54) is 23.7 Å². The molecular weight excluding hydrogens is 410 g/mol. The normalized spacial score (nSPS) is 16.8. The zero-order valence-corrected chi connectivity index (χ0v) is 16.9. The van der Waals surface area contributed by atoms with Crippen LogP contribution in [-0.2, 0) is 16.1 Å². The van der Waals surface area contributed by atoms with Gasteiger partial charge in [0, 0.05) is 29.4 Å². The van der Waals surface area contributed by atoms with E-state index in [4.69, 9.17) is 17.3 Å². The minimum Gasteiger partial charge on any atom is -0.383 e. The van der Waals surface area contributed by atoms with Crippen molar-refractivity contribution in [1.82, 2.24) is 20.2 Å². The number of anilines is 1. The lowest BCUT2D eigenvalue weighted by molar-refractivity contribution is -0.132. The Morgan fingerprint density at radius 1 is 1.34 bits per heavy atom. The maximum Gasteiger partial charge on any atom is 0.266 e. The summed E-state index contributed by atoms with van der Waals surface area (Å²) in [7, 11) is 0. The number of aromatic nitrogens is 2. The van der Waals surface area contributed by atoms with Crippen LogP contribution in [-0.4, -0.2) is 39.3 Å². The molecule has 1 atom stereocenters. The summed E-state index contributed by atoms with van der Waals surface area (Å²) in [5, 5.41) is 4.83. The Morgan fingerprint density at radius 3 is 3.00 bits per heavy atom. The minimum absolute atomic E-state index is 0.145. The van der Waals surface area contributed by atoms with Crippen molar-refractivity contribution in [2.24, 2.45) is 0 Å². The van der Waals surface area contributed by atoms with E-state index in [0.717, 1.165) is 21.3 Å². The Labute approximate surface area is 176 Å². The first-order chi connectivity index (χ1) is 14.0. The van der Waals surface area contributed by atoms with Gasteiger partial charge in [-0.3, -0.25) is 9.59 Å². The van der Waals surface area contributed by atoms with Crippen molar-refractivity contribution in [2.75, 3.05) is 12.3 Å². The highest BCUT2D eigenvalue weighted by Crippen LogP contribution is 2.23. The van der Waals surface area contributed by atoms with Crippen molar-refractivity contribution in [3.8, 4) is 0 Å². The van der Waals surface area contributed by atoms with Crippen LogP contribution < -0.4 is 11.1 Å². The molecule has 1 radical (unpaired) electrons. The Balaban J connectivity index is 1.37. The lowest BCUT2D eigenvalue weighted by atomic mass is 10.1. The maximum atomic E-state index is 12.6. The summed E-state index contributed by atoms with van der Waals surface area (Å²) in [6.45, 7) is 0.983. The van der Waals surface area contributed by atoms with Gasteiger partial charge in [0.1, 0.15) is 18.2 Å². The highest BCUT2D eigenvalue weighted by molar-refractivity contribution is 7.17. The van der Waals surface area contributed by atoms with Crippen LogP contribution in [0.15, 0.2) is 42.7 Å². The first kappa shape index (κ1) is 19.4. The number of hydrogen-bond acceptors (Lipinski definition) is 6. The number of likely N-dealkylation sites (tertiary alicyclic amines) is 1. The Hall–Kier alpha value is -2.97. The summed E-state index contributed by atoms with van der Waals surface area (Å²) in [4.78, 5) is 35.5. The fourth-order valence-corrected chi connectivity index (χ4v) is 4.17. The molecule has 3 heterocycles. The average Bonchev–Trinajstić information content (AvgIpc) is 3.27. The second kappa shape index (κ2) is 8.18. The van der Waals surface area contributed by atoms with Crippen LogP contribution in [0.2, 0.25) is 4.34 Å². The fraction of sp³-hybridized carbons (Fsp3) is 0.200. The second-order valence-electron chi connectivity index (χ2n) is 6.62. The molecule has 3 aromatic rings. The number of carbonyl (C=O) groups is 2. The standard InChI is InChI=1S/C20H17ClN5O2S/c21-17-5-2-13(29-17)3-6-18(27)25-15-7-8-26(20(15)28)10-12-1-4-14-16(9-12)23-11-24-19(14)22/h1-6,9,11,15H,7-8,10H2,(H2,22,23,24)/t15-/m0/s1. The lowest BCUT2D eigenvalue weighted by Gasteiger charge is -2.16. The van der Waals surface area contributed by atoms with E-state index in [2.05, 4.69) is 15.3 Å². The number of thiophene rings is 1. The van der Waals surface area contributed by atoms with Crippen molar-refractivity contribution in [2.45, 2.75) is 19.0 Å². The summed E-state index contributed by atoms with van der Waals surface area (Å²) in [5.41, 5.74) is 7.52. The molecule has 1 aliphatic heterocycles. The maximum absolute atomic E-state index is 12.6. The van der Waals surface area contributed by atoms with Crippen LogP contribution in [0, 0.1) is 0 Å². The molecule has 0 unspecified atom stereocenters. The third-order valence-corrected chi connectivity index (χ3v) is 5.84. The number of fused-ring (bicyclic) bond motifs is 1. The summed E-state index contributed by atoms with van der Waals surface area (Å²) >= 11 is 7.24. The number of rotatable bonds is 5. The zero-order valence-electron chi connectivity index (χ0n) is 15.3. The average molecular weight is 427 g/mol. The van der Waals surface area contributed by atoms with Crippen LogP contribution in [0.1, 0.15) is 16.9 Å². The molecule has 1 aromatic carbocycles. The number of hydrogen-bond donors (Lipinski definition) is 1.